The second-order valence-electron chi connectivity index (χ2n) is 7.40. The molecule has 0 unspecified atom stereocenters. The molecule has 2 aromatic carbocycles. The van der Waals surface area contributed by atoms with Gasteiger partial charge in [-0.3, -0.25) is 14.0 Å². The number of H-pyrrole nitrogens is 1. The maximum atomic E-state index is 15.2. The number of nitrogens with one attached hydrogen (secondary N) is 1. The monoisotopic (exact) mass is 395 g/mol. The number of nitrogens with zero attached hydrogens (tertiary/aromatic N) is 2. The third-order valence-electron chi connectivity index (χ3n) is 5.30. The SMILES string of the molecule is CN(C)c1ccccc1-c1cc2c(cc1F)c(=O)c1c(=O)[nH]sc1n2C1CC1. The molecule has 0 spiro atoms. The van der Waals surface area contributed by atoms with Crippen LogP contribution in [0.5, 0.6) is 0 Å². The van der Waals surface area contributed by atoms with Crippen molar-refractivity contribution in [2.24, 2.45) is 0 Å². The Hall–Kier alpha value is -2.93. The van der Waals surface area contributed by atoms with Gasteiger partial charge in [0, 0.05) is 42.3 Å². The number of anilines is 1. The van der Waals surface area contributed by atoms with E-state index in [4.69, 9.17) is 0 Å². The van der Waals surface area contributed by atoms with E-state index in [-0.39, 0.29) is 16.8 Å². The molecule has 0 atom stereocenters. The average molecular weight is 395 g/mol. The van der Waals surface area contributed by atoms with Crippen molar-refractivity contribution >= 4 is 38.3 Å². The zero-order valence-corrected chi connectivity index (χ0v) is 16.3. The summed E-state index contributed by atoms with van der Waals surface area (Å²) in [5, 5.41) is 0.386. The van der Waals surface area contributed by atoms with Gasteiger partial charge in [0.15, 0.2) is 0 Å². The number of halogens is 1. The van der Waals surface area contributed by atoms with Crippen LogP contribution in [0.3, 0.4) is 0 Å². The highest BCUT2D eigenvalue weighted by Gasteiger charge is 2.29. The molecule has 28 heavy (non-hydrogen) atoms. The Morgan fingerprint density at radius 2 is 1.89 bits per heavy atom. The van der Waals surface area contributed by atoms with Crippen LogP contribution in [0.2, 0.25) is 0 Å². The Balaban J connectivity index is 1.92. The van der Waals surface area contributed by atoms with Gasteiger partial charge in [0.1, 0.15) is 16.0 Å². The minimum absolute atomic E-state index is 0.130. The van der Waals surface area contributed by atoms with Crippen LogP contribution in [0.1, 0.15) is 18.9 Å². The van der Waals surface area contributed by atoms with Crippen molar-refractivity contribution < 1.29 is 4.39 Å². The highest BCUT2D eigenvalue weighted by molar-refractivity contribution is 7.12. The fourth-order valence-electron chi connectivity index (χ4n) is 3.84. The summed E-state index contributed by atoms with van der Waals surface area (Å²) >= 11 is 1.18. The summed E-state index contributed by atoms with van der Waals surface area (Å²) in [5.74, 6) is -0.466. The van der Waals surface area contributed by atoms with Crippen molar-refractivity contribution in [1.82, 2.24) is 8.94 Å². The summed E-state index contributed by atoms with van der Waals surface area (Å²) in [6.07, 6.45) is 1.97. The fraction of sp³-hybridized carbons (Fsp3) is 0.238. The summed E-state index contributed by atoms with van der Waals surface area (Å²) in [4.78, 5) is 27.7. The maximum absolute atomic E-state index is 15.2. The first-order valence-electron chi connectivity index (χ1n) is 9.13. The van der Waals surface area contributed by atoms with Gasteiger partial charge in [-0.05, 0) is 42.6 Å². The van der Waals surface area contributed by atoms with E-state index >= 15 is 4.39 Å². The minimum atomic E-state index is -0.466. The quantitative estimate of drug-likeness (QED) is 0.568. The topological polar surface area (TPSA) is 58.1 Å². The number of aromatic amines is 1. The highest BCUT2D eigenvalue weighted by Crippen LogP contribution is 2.41. The lowest BCUT2D eigenvalue weighted by atomic mass is 10.00. The first kappa shape index (κ1) is 17.2. The van der Waals surface area contributed by atoms with E-state index < -0.39 is 16.8 Å². The van der Waals surface area contributed by atoms with Crippen molar-refractivity contribution in [2.75, 3.05) is 19.0 Å². The van der Waals surface area contributed by atoms with Crippen molar-refractivity contribution in [2.45, 2.75) is 18.9 Å². The lowest BCUT2D eigenvalue weighted by Gasteiger charge is -2.19. The van der Waals surface area contributed by atoms with Crippen LogP contribution in [-0.2, 0) is 0 Å². The molecule has 0 saturated heterocycles. The van der Waals surface area contributed by atoms with Gasteiger partial charge >= 0.3 is 0 Å². The third-order valence-corrected chi connectivity index (χ3v) is 6.19. The number of aromatic nitrogens is 2. The standard InChI is InChI=1S/C21H18FN3O2S/c1-24(2)16-6-4-3-5-12(16)13-10-17-14(9-15(13)22)19(26)18-20(27)23-28-21(18)25(17)11-7-8-11/h3-6,9-11H,7-8H2,1-2H3,(H,23,27). The molecule has 5 rings (SSSR count). The smallest absolute Gasteiger partial charge is 0.271 e. The summed E-state index contributed by atoms with van der Waals surface area (Å²) in [6, 6.07) is 10.9. The molecule has 0 radical (unpaired) electrons. The molecule has 1 aliphatic rings. The molecule has 5 nitrogen and oxygen atoms in total. The molecule has 2 heterocycles. The lowest BCUT2D eigenvalue weighted by molar-refractivity contribution is 0.632. The van der Waals surface area contributed by atoms with Crippen LogP contribution >= 0.6 is 11.5 Å². The Morgan fingerprint density at radius 3 is 2.61 bits per heavy atom. The molecule has 2 aromatic heterocycles. The van der Waals surface area contributed by atoms with Crippen LogP contribution in [-0.4, -0.2) is 23.0 Å². The number of hydrogen-bond donors (Lipinski definition) is 1. The van der Waals surface area contributed by atoms with Gasteiger partial charge in [-0.2, -0.15) is 0 Å². The molecule has 0 amide bonds. The normalized spacial score (nSPS) is 14.1. The summed E-state index contributed by atoms with van der Waals surface area (Å²) in [6.45, 7) is 0. The predicted molar refractivity (Wildman–Crippen MR) is 112 cm³/mol. The molecule has 0 aliphatic heterocycles. The lowest BCUT2D eigenvalue weighted by Crippen LogP contribution is -2.15. The van der Waals surface area contributed by atoms with E-state index in [1.54, 1.807) is 6.07 Å². The second kappa shape index (κ2) is 6.04. The van der Waals surface area contributed by atoms with Gasteiger partial charge in [0.25, 0.3) is 5.56 Å². The van der Waals surface area contributed by atoms with Gasteiger partial charge < -0.3 is 9.47 Å². The molecule has 4 aromatic rings. The average Bonchev–Trinajstić information content (AvgIpc) is 3.44. The van der Waals surface area contributed by atoms with Gasteiger partial charge in [0.05, 0.1) is 5.52 Å². The van der Waals surface area contributed by atoms with Crippen LogP contribution in [0.4, 0.5) is 10.1 Å². The van der Waals surface area contributed by atoms with Crippen LogP contribution in [0.25, 0.3) is 32.2 Å². The molecular weight excluding hydrogens is 377 g/mol. The Bertz CT molecular complexity index is 1360. The van der Waals surface area contributed by atoms with E-state index in [1.807, 2.05) is 47.8 Å². The zero-order valence-electron chi connectivity index (χ0n) is 15.5. The highest BCUT2D eigenvalue weighted by atomic mass is 32.1. The number of benzene rings is 2. The van der Waals surface area contributed by atoms with Crippen molar-refractivity contribution in [3.63, 3.8) is 0 Å². The Kier molecular flexibility index (Phi) is 3.71. The molecule has 1 aliphatic carbocycles. The molecule has 1 N–H and O–H groups in total. The molecule has 7 heteroatoms. The summed E-state index contributed by atoms with van der Waals surface area (Å²) < 4.78 is 19.9. The number of rotatable bonds is 3. The van der Waals surface area contributed by atoms with Crippen LogP contribution in [0, 0.1) is 5.82 Å². The van der Waals surface area contributed by atoms with Gasteiger partial charge in [-0.15, -0.1) is 0 Å². The van der Waals surface area contributed by atoms with Crippen LogP contribution in [0.15, 0.2) is 46.0 Å². The van der Waals surface area contributed by atoms with E-state index in [0.29, 0.717) is 15.9 Å². The van der Waals surface area contributed by atoms with Gasteiger partial charge in [-0.25, -0.2) is 4.39 Å². The first-order chi connectivity index (χ1) is 13.5. The number of para-hydroxylation sites is 1. The largest absolute Gasteiger partial charge is 0.377 e. The summed E-state index contributed by atoms with van der Waals surface area (Å²) in [5.41, 5.74) is 1.99. The molecule has 0 bridgehead atoms. The third kappa shape index (κ3) is 2.43. The Morgan fingerprint density at radius 1 is 1.14 bits per heavy atom. The Labute approximate surface area is 163 Å². The summed E-state index contributed by atoms with van der Waals surface area (Å²) in [7, 11) is 3.83. The molecule has 1 saturated carbocycles. The number of hydrogen-bond acceptors (Lipinski definition) is 4. The van der Waals surface area contributed by atoms with Gasteiger partial charge in [0.2, 0.25) is 5.43 Å². The maximum Gasteiger partial charge on any atom is 0.271 e. The zero-order chi connectivity index (χ0) is 19.6. The first-order valence-corrected chi connectivity index (χ1v) is 9.94. The predicted octanol–water partition coefficient (Wildman–Crippen LogP) is 4.11. The van der Waals surface area contributed by atoms with Crippen molar-refractivity contribution in [3.05, 3.63) is 62.8 Å². The van der Waals surface area contributed by atoms with Gasteiger partial charge in [-0.1, -0.05) is 18.2 Å². The number of pyridine rings is 1. The number of fused-ring (bicyclic) bond motifs is 2. The molecular formula is C21H18FN3O2S. The fourth-order valence-corrected chi connectivity index (χ4v) is 4.77. The van der Waals surface area contributed by atoms with E-state index in [0.717, 1.165) is 24.1 Å². The van der Waals surface area contributed by atoms with Crippen LogP contribution < -0.4 is 15.9 Å². The molecule has 142 valence electrons. The molecule has 1 fully saturated rings. The van der Waals surface area contributed by atoms with E-state index in [1.165, 1.54) is 17.6 Å². The minimum Gasteiger partial charge on any atom is -0.377 e. The van der Waals surface area contributed by atoms with Crippen molar-refractivity contribution in [3.8, 4) is 11.1 Å². The van der Waals surface area contributed by atoms with E-state index in [2.05, 4.69) is 4.37 Å². The van der Waals surface area contributed by atoms with Crippen molar-refractivity contribution in [1.29, 1.82) is 0 Å². The second-order valence-corrected chi connectivity index (χ2v) is 8.20. The van der Waals surface area contributed by atoms with E-state index in [9.17, 15) is 9.59 Å².